The van der Waals surface area contributed by atoms with Gasteiger partial charge < -0.3 is 25.0 Å². The summed E-state index contributed by atoms with van der Waals surface area (Å²) in [6.07, 6.45) is 0. The monoisotopic (exact) mass is 341 g/mol. The van der Waals surface area contributed by atoms with Gasteiger partial charge in [-0.1, -0.05) is 12.1 Å². The predicted octanol–water partition coefficient (Wildman–Crippen LogP) is 2.25. The van der Waals surface area contributed by atoms with Crippen LogP contribution in [-0.4, -0.2) is 51.2 Å². The highest BCUT2D eigenvalue weighted by molar-refractivity contribution is 5.99. The lowest BCUT2D eigenvalue weighted by molar-refractivity contribution is 0.0747. The number of nitrogens with zero attached hydrogens (tertiary/aromatic N) is 2. The fourth-order valence-corrected chi connectivity index (χ4v) is 3.07. The number of nitrogen functional groups attached to an aromatic ring is 1. The van der Waals surface area contributed by atoms with Crippen molar-refractivity contribution in [3.63, 3.8) is 0 Å². The molecule has 1 fully saturated rings. The average molecular weight is 341 g/mol. The maximum Gasteiger partial charge on any atom is 0.256 e. The molecule has 0 atom stereocenters. The molecule has 25 heavy (non-hydrogen) atoms. The predicted molar refractivity (Wildman–Crippen MR) is 98.5 cm³/mol. The largest absolute Gasteiger partial charge is 0.497 e. The topological polar surface area (TPSA) is 68.0 Å². The van der Waals surface area contributed by atoms with Crippen molar-refractivity contribution in [2.45, 2.75) is 0 Å². The first-order valence-corrected chi connectivity index (χ1v) is 8.25. The van der Waals surface area contributed by atoms with Crippen molar-refractivity contribution >= 4 is 17.3 Å². The van der Waals surface area contributed by atoms with Crippen LogP contribution in [0, 0.1) is 0 Å². The first kappa shape index (κ1) is 17.0. The van der Waals surface area contributed by atoms with Gasteiger partial charge in [-0.25, -0.2) is 0 Å². The van der Waals surface area contributed by atoms with E-state index in [1.807, 2.05) is 29.2 Å². The van der Waals surface area contributed by atoms with Crippen molar-refractivity contribution in [3.8, 4) is 11.5 Å². The average Bonchev–Trinajstić information content (AvgIpc) is 2.67. The first-order chi connectivity index (χ1) is 12.1. The molecule has 2 aromatic rings. The van der Waals surface area contributed by atoms with E-state index in [0.717, 1.165) is 24.5 Å². The molecular weight excluding hydrogens is 318 g/mol. The van der Waals surface area contributed by atoms with Gasteiger partial charge in [0, 0.05) is 37.9 Å². The van der Waals surface area contributed by atoms with E-state index in [1.54, 1.807) is 32.4 Å². The van der Waals surface area contributed by atoms with Crippen molar-refractivity contribution in [1.82, 2.24) is 4.90 Å². The molecule has 0 saturated carbocycles. The van der Waals surface area contributed by atoms with E-state index in [1.165, 1.54) is 0 Å². The summed E-state index contributed by atoms with van der Waals surface area (Å²) < 4.78 is 10.6. The molecule has 1 aliphatic heterocycles. The van der Waals surface area contributed by atoms with Gasteiger partial charge in [0.1, 0.15) is 11.5 Å². The van der Waals surface area contributed by atoms with Gasteiger partial charge >= 0.3 is 0 Å². The summed E-state index contributed by atoms with van der Waals surface area (Å²) >= 11 is 0. The number of amides is 1. The normalized spacial score (nSPS) is 14.3. The number of piperazine rings is 1. The number of para-hydroxylation sites is 2. The van der Waals surface area contributed by atoms with Crippen molar-refractivity contribution in [2.24, 2.45) is 0 Å². The van der Waals surface area contributed by atoms with E-state index in [2.05, 4.69) is 4.90 Å². The van der Waals surface area contributed by atoms with Gasteiger partial charge in [0.2, 0.25) is 0 Å². The number of anilines is 2. The molecule has 0 radical (unpaired) electrons. The van der Waals surface area contributed by atoms with Gasteiger partial charge in [-0.15, -0.1) is 0 Å². The van der Waals surface area contributed by atoms with Gasteiger partial charge in [-0.2, -0.15) is 0 Å². The molecule has 2 aromatic carbocycles. The van der Waals surface area contributed by atoms with Crippen LogP contribution in [0.25, 0.3) is 0 Å². The molecular formula is C19H23N3O3. The van der Waals surface area contributed by atoms with Crippen LogP contribution >= 0.6 is 0 Å². The summed E-state index contributed by atoms with van der Waals surface area (Å²) in [5.41, 5.74) is 8.02. The molecule has 6 heteroatoms. The van der Waals surface area contributed by atoms with Crippen LogP contribution in [0.4, 0.5) is 11.4 Å². The van der Waals surface area contributed by atoms with Crippen LogP contribution in [0.3, 0.4) is 0 Å². The third-order valence-corrected chi connectivity index (χ3v) is 4.48. The summed E-state index contributed by atoms with van der Waals surface area (Å²) in [6, 6.07) is 13.1. The molecule has 2 N–H and O–H groups in total. The Morgan fingerprint density at radius 1 is 1.00 bits per heavy atom. The molecule has 1 aliphatic rings. The number of methoxy groups -OCH3 is 2. The first-order valence-electron chi connectivity index (χ1n) is 8.25. The molecule has 132 valence electrons. The second kappa shape index (κ2) is 7.34. The van der Waals surface area contributed by atoms with Crippen LogP contribution in [0.5, 0.6) is 11.5 Å². The van der Waals surface area contributed by atoms with E-state index in [0.29, 0.717) is 30.1 Å². The Kier molecular flexibility index (Phi) is 4.97. The third-order valence-electron chi connectivity index (χ3n) is 4.48. The van der Waals surface area contributed by atoms with Crippen LogP contribution in [0.15, 0.2) is 42.5 Å². The van der Waals surface area contributed by atoms with Crippen LogP contribution in [-0.2, 0) is 0 Å². The highest BCUT2D eigenvalue weighted by Crippen LogP contribution is 2.29. The highest BCUT2D eigenvalue weighted by atomic mass is 16.5. The van der Waals surface area contributed by atoms with Crippen molar-refractivity contribution in [1.29, 1.82) is 0 Å². The summed E-state index contributed by atoms with van der Waals surface area (Å²) in [7, 11) is 3.25. The molecule has 0 unspecified atom stereocenters. The third kappa shape index (κ3) is 3.47. The number of hydrogen-bond donors (Lipinski definition) is 1. The second-order valence-corrected chi connectivity index (χ2v) is 5.90. The van der Waals surface area contributed by atoms with Gasteiger partial charge in [-0.3, -0.25) is 4.79 Å². The molecule has 1 saturated heterocycles. The molecule has 1 heterocycles. The summed E-state index contributed by atoms with van der Waals surface area (Å²) in [6.45, 7) is 2.79. The number of benzene rings is 2. The Bertz CT molecular complexity index is 755. The van der Waals surface area contributed by atoms with Crippen molar-refractivity contribution < 1.29 is 14.3 Å². The Morgan fingerprint density at radius 2 is 1.72 bits per heavy atom. The number of carbonyl (C=O) groups excluding carboxylic acids is 1. The summed E-state index contributed by atoms with van der Waals surface area (Å²) in [5.74, 6) is 1.46. The standard InChI is InChI=1S/C19H23N3O3/c1-24-14-7-8-15(16(20)13-14)19(23)22-11-9-21(10-12-22)17-5-3-4-6-18(17)25-2/h3-8,13H,9-12,20H2,1-2H3. The van der Waals surface area contributed by atoms with E-state index in [-0.39, 0.29) is 5.91 Å². The smallest absolute Gasteiger partial charge is 0.256 e. The van der Waals surface area contributed by atoms with Gasteiger partial charge in [-0.05, 0) is 24.3 Å². The molecule has 0 aliphatic carbocycles. The molecule has 1 amide bonds. The minimum atomic E-state index is -0.0418. The minimum Gasteiger partial charge on any atom is -0.497 e. The van der Waals surface area contributed by atoms with Crippen LogP contribution < -0.4 is 20.1 Å². The summed E-state index contributed by atoms with van der Waals surface area (Å²) in [4.78, 5) is 16.8. The molecule has 0 bridgehead atoms. The number of carbonyl (C=O) groups is 1. The van der Waals surface area contributed by atoms with Crippen molar-refractivity contribution in [3.05, 3.63) is 48.0 Å². The highest BCUT2D eigenvalue weighted by Gasteiger charge is 2.24. The Balaban J connectivity index is 1.69. The van der Waals surface area contributed by atoms with Crippen molar-refractivity contribution in [2.75, 3.05) is 51.0 Å². The number of nitrogens with two attached hydrogens (primary N) is 1. The molecule has 3 rings (SSSR count). The number of ether oxygens (including phenoxy) is 2. The maximum atomic E-state index is 12.7. The zero-order chi connectivity index (χ0) is 17.8. The number of rotatable bonds is 4. The summed E-state index contributed by atoms with van der Waals surface area (Å²) in [5, 5.41) is 0. The number of hydrogen-bond acceptors (Lipinski definition) is 5. The molecule has 0 spiro atoms. The maximum absolute atomic E-state index is 12.7. The fourth-order valence-electron chi connectivity index (χ4n) is 3.07. The van der Waals surface area contributed by atoms with Gasteiger partial charge in [0.15, 0.2) is 0 Å². The lowest BCUT2D eigenvalue weighted by atomic mass is 10.1. The Hall–Kier alpha value is -2.89. The van der Waals surface area contributed by atoms with Gasteiger partial charge in [0.25, 0.3) is 5.91 Å². The lowest BCUT2D eigenvalue weighted by Gasteiger charge is -2.36. The SMILES string of the molecule is COc1ccc(C(=O)N2CCN(c3ccccc3OC)CC2)c(N)c1. The quantitative estimate of drug-likeness (QED) is 0.864. The molecule has 0 aromatic heterocycles. The Morgan fingerprint density at radius 3 is 2.36 bits per heavy atom. The second-order valence-electron chi connectivity index (χ2n) is 5.90. The van der Waals surface area contributed by atoms with E-state index >= 15 is 0 Å². The van der Waals surface area contributed by atoms with Gasteiger partial charge in [0.05, 0.1) is 25.5 Å². The molecule has 6 nitrogen and oxygen atoms in total. The minimum absolute atomic E-state index is 0.0418. The fraction of sp³-hybridized carbons (Fsp3) is 0.316. The zero-order valence-electron chi connectivity index (χ0n) is 14.6. The van der Waals surface area contributed by atoms with E-state index in [4.69, 9.17) is 15.2 Å². The zero-order valence-corrected chi connectivity index (χ0v) is 14.6. The van der Waals surface area contributed by atoms with E-state index < -0.39 is 0 Å². The lowest BCUT2D eigenvalue weighted by Crippen LogP contribution is -2.49. The van der Waals surface area contributed by atoms with E-state index in [9.17, 15) is 4.79 Å². The van der Waals surface area contributed by atoms with Crippen LogP contribution in [0.2, 0.25) is 0 Å². The Labute approximate surface area is 147 Å². The van der Waals surface area contributed by atoms with Crippen LogP contribution in [0.1, 0.15) is 10.4 Å².